The predicted molar refractivity (Wildman–Crippen MR) is 80.8 cm³/mol. The van der Waals surface area contributed by atoms with Crippen LogP contribution in [0.5, 0.6) is 5.19 Å². The Balaban J connectivity index is 1.38. The van der Waals surface area contributed by atoms with Gasteiger partial charge in [0.15, 0.2) is 0 Å². The van der Waals surface area contributed by atoms with Gasteiger partial charge in [-0.05, 0) is 37.5 Å². The SMILES string of the molecule is CC(=O)Nc1nnc(O[C@@H](C)C23CC(n4ccnc4)(C2)C3)s1. The quantitative estimate of drug-likeness (QED) is 0.912. The van der Waals surface area contributed by atoms with Crippen molar-refractivity contribution in [1.29, 1.82) is 0 Å². The summed E-state index contributed by atoms with van der Waals surface area (Å²) in [6, 6.07) is 0. The van der Waals surface area contributed by atoms with Gasteiger partial charge in [-0.1, -0.05) is 5.10 Å². The van der Waals surface area contributed by atoms with E-state index in [-0.39, 0.29) is 23.0 Å². The minimum atomic E-state index is -0.155. The molecule has 1 atom stereocenters. The maximum absolute atomic E-state index is 11.0. The van der Waals surface area contributed by atoms with Crippen molar-refractivity contribution in [2.24, 2.45) is 5.41 Å². The minimum Gasteiger partial charge on any atom is -0.465 e. The summed E-state index contributed by atoms with van der Waals surface area (Å²) in [6.07, 6.45) is 9.23. The van der Waals surface area contributed by atoms with Crippen LogP contribution in [0.4, 0.5) is 5.13 Å². The van der Waals surface area contributed by atoms with Crippen LogP contribution in [0.15, 0.2) is 18.7 Å². The van der Waals surface area contributed by atoms with Crippen molar-refractivity contribution in [2.45, 2.75) is 44.8 Å². The van der Waals surface area contributed by atoms with Gasteiger partial charge >= 0.3 is 0 Å². The summed E-state index contributed by atoms with van der Waals surface area (Å²) in [4.78, 5) is 15.1. The second kappa shape index (κ2) is 4.52. The van der Waals surface area contributed by atoms with Crippen LogP contribution in [0.25, 0.3) is 0 Å². The Labute approximate surface area is 131 Å². The zero-order chi connectivity index (χ0) is 15.4. The first-order chi connectivity index (χ1) is 10.5. The van der Waals surface area contributed by atoms with Gasteiger partial charge in [0.05, 0.1) is 6.33 Å². The van der Waals surface area contributed by atoms with E-state index in [1.807, 2.05) is 18.7 Å². The van der Waals surface area contributed by atoms with E-state index >= 15 is 0 Å². The molecule has 2 aromatic heterocycles. The normalized spacial score (nSPS) is 30.1. The fourth-order valence-electron chi connectivity index (χ4n) is 3.79. The van der Waals surface area contributed by atoms with Crippen molar-refractivity contribution in [3.05, 3.63) is 18.7 Å². The molecule has 1 amide bonds. The zero-order valence-corrected chi connectivity index (χ0v) is 13.3. The number of anilines is 1. The molecule has 3 fully saturated rings. The summed E-state index contributed by atoms with van der Waals surface area (Å²) >= 11 is 1.26. The number of rotatable bonds is 5. The van der Waals surface area contributed by atoms with Gasteiger partial charge in [0, 0.05) is 30.3 Å². The summed E-state index contributed by atoms with van der Waals surface area (Å²) in [5.74, 6) is -0.155. The number of carbonyl (C=O) groups excluding carboxylic acids is 1. The fraction of sp³-hybridized carbons (Fsp3) is 0.571. The number of carbonyl (C=O) groups is 1. The first-order valence-electron chi connectivity index (χ1n) is 7.28. The highest BCUT2D eigenvalue weighted by atomic mass is 32.1. The molecule has 8 heteroatoms. The first-order valence-corrected chi connectivity index (χ1v) is 8.09. The Morgan fingerprint density at radius 2 is 2.23 bits per heavy atom. The third kappa shape index (κ3) is 1.93. The van der Waals surface area contributed by atoms with E-state index in [1.54, 1.807) is 0 Å². The highest BCUT2D eigenvalue weighted by Crippen LogP contribution is 2.73. The third-order valence-corrected chi connectivity index (χ3v) is 5.65. The van der Waals surface area contributed by atoms with Crippen molar-refractivity contribution < 1.29 is 9.53 Å². The lowest BCUT2D eigenvalue weighted by Crippen LogP contribution is -2.71. The Morgan fingerprint density at radius 1 is 1.45 bits per heavy atom. The molecule has 0 radical (unpaired) electrons. The number of amides is 1. The van der Waals surface area contributed by atoms with Crippen molar-refractivity contribution >= 4 is 22.4 Å². The molecule has 2 aromatic rings. The molecule has 0 unspecified atom stereocenters. The van der Waals surface area contributed by atoms with Crippen molar-refractivity contribution in [2.75, 3.05) is 5.32 Å². The molecule has 3 saturated carbocycles. The smallest absolute Gasteiger partial charge is 0.296 e. The highest BCUT2D eigenvalue weighted by Gasteiger charge is 2.71. The van der Waals surface area contributed by atoms with E-state index in [1.165, 1.54) is 18.3 Å². The van der Waals surface area contributed by atoms with Crippen LogP contribution >= 0.6 is 11.3 Å². The lowest BCUT2D eigenvalue weighted by molar-refractivity contribution is -0.230. The Morgan fingerprint density at radius 3 is 2.86 bits per heavy atom. The van der Waals surface area contributed by atoms with E-state index < -0.39 is 0 Å². The average molecular weight is 319 g/mol. The number of imidazole rings is 1. The first kappa shape index (κ1) is 13.7. The van der Waals surface area contributed by atoms with Crippen LogP contribution in [0.2, 0.25) is 0 Å². The summed E-state index contributed by atoms with van der Waals surface area (Å²) in [6.45, 7) is 3.54. The molecule has 116 valence electrons. The molecular weight excluding hydrogens is 302 g/mol. The standard InChI is InChI=1S/C14H17N5O2S/c1-9(21-12-18-17-11(22-12)16-10(2)20)13-5-14(6-13,7-13)19-4-3-15-8-19/h3-4,8-9H,5-7H2,1-2H3,(H,16,17,20)/t9-,13?,14?/m0/s1. The molecule has 0 aromatic carbocycles. The molecule has 5 rings (SSSR count). The Hall–Kier alpha value is -1.96. The molecule has 3 aliphatic rings. The summed E-state index contributed by atoms with van der Waals surface area (Å²) in [5.41, 5.74) is 0.501. The molecule has 0 spiro atoms. The molecule has 0 saturated heterocycles. The second-order valence-corrected chi connectivity index (χ2v) is 7.34. The van der Waals surface area contributed by atoms with Crippen LogP contribution in [-0.4, -0.2) is 31.8 Å². The zero-order valence-electron chi connectivity index (χ0n) is 12.4. The molecule has 2 bridgehead atoms. The number of ether oxygens (including phenoxy) is 1. The molecule has 0 aliphatic heterocycles. The predicted octanol–water partition coefficient (Wildman–Crippen LogP) is 2.04. The topological polar surface area (TPSA) is 81.9 Å². The average Bonchev–Trinajstić information content (AvgIpc) is 2.97. The largest absolute Gasteiger partial charge is 0.465 e. The van der Waals surface area contributed by atoms with Gasteiger partial charge < -0.3 is 14.6 Å². The summed E-state index contributed by atoms with van der Waals surface area (Å²) < 4.78 is 8.18. The van der Waals surface area contributed by atoms with E-state index in [4.69, 9.17) is 4.74 Å². The number of hydrogen-bond donors (Lipinski definition) is 1. The number of aromatic nitrogens is 4. The Bertz CT molecular complexity index is 691. The maximum Gasteiger partial charge on any atom is 0.296 e. The van der Waals surface area contributed by atoms with Gasteiger partial charge in [-0.3, -0.25) is 4.79 Å². The van der Waals surface area contributed by atoms with Gasteiger partial charge in [-0.25, -0.2) is 4.98 Å². The highest BCUT2D eigenvalue weighted by molar-refractivity contribution is 7.17. The molecule has 1 N–H and O–H groups in total. The number of nitrogens with one attached hydrogen (secondary N) is 1. The van der Waals surface area contributed by atoms with Gasteiger partial charge in [0.25, 0.3) is 5.19 Å². The van der Waals surface area contributed by atoms with Crippen LogP contribution < -0.4 is 10.1 Å². The Kier molecular flexibility index (Phi) is 2.81. The van der Waals surface area contributed by atoms with Crippen LogP contribution in [0.3, 0.4) is 0 Å². The van der Waals surface area contributed by atoms with Crippen LogP contribution in [0.1, 0.15) is 33.1 Å². The molecule has 2 heterocycles. The van der Waals surface area contributed by atoms with Crippen molar-refractivity contribution in [3.63, 3.8) is 0 Å². The second-order valence-electron chi connectivity index (χ2n) is 6.40. The van der Waals surface area contributed by atoms with Crippen LogP contribution in [0, 0.1) is 5.41 Å². The molecular formula is C14H17N5O2S. The summed E-state index contributed by atoms with van der Waals surface area (Å²) in [5, 5.41) is 11.5. The van der Waals surface area contributed by atoms with E-state index in [9.17, 15) is 4.79 Å². The lowest BCUT2D eigenvalue weighted by atomic mass is 9.37. The van der Waals surface area contributed by atoms with Gasteiger partial charge in [-0.15, -0.1) is 5.10 Å². The van der Waals surface area contributed by atoms with E-state index in [2.05, 4.69) is 32.0 Å². The number of nitrogens with zero attached hydrogens (tertiary/aromatic N) is 4. The summed E-state index contributed by atoms with van der Waals surface area (Å²) in [7, 11) is 0. The molecule has 22 heavy (non-hydrogen) atoms. The van der Waals surface area contributed by atoms with Gasteiger partial charge in [-0.2, -0.15) is 0 Å². The maximum atomic E-state index is 11.0. The molecule has 3 aliphatic carbocycles. The van der Waals surface area contributed by atoms with E-state index in [0.29, 0.717) is 10.3 Å². The molecule has 7 nitrogen and oxygen atoms in total. The minimum absolute atomic E-state index is 0.0935. The van der Waals surface area contributed by atoms with Gasteiger partial charge in [0.1, 0.15) is 6.10 Å². The monoisotopic (exact) mass is 319 g/mol. The third-order valence-electron chi connectivity index (χ3n) is 4.92. The fourth-order valence-corrected chi connectivity index (χ4v) is 4.51. The van der Waals surface area contributed by atoms with Crippen molar-refractivity contribution in [1.82, 2.24) is 19.7 Å². The van der Waals surface area contributed by atoms with Gasteiger partial charge in [0.2, 0.25) is 11.0 Å². The number of hydrogen-bond acceptors (Lipinski definition) is 6. The lowest BCUT2D eigenvalue weighted by Gasteiger charge is -2.72. The van der Waals surface area contributed by atoms with E-state index in [0.717, 1.165) is 19.3 Å². The van der Waals surface area contributed by atoms with Crippen LogP contribution in [-0.2, 0) is 10.3 Å². The van der Waals surface area contributed by atoms with Crippen molar-refractivity contribution in [3.8, 4) is 5.19 Å².